The maximum atomic E-state index is 14.7. The van der Waals surface area contributed by atoms with Gasteiger partial charge in [-0.05, 0) is 80.5 Å². The molecule has 1 aromatic carbocycles. The van der Waals surface area contributed by atoms with Crippen molar-refractivity contribution in [2.45, 2.75) is 89.0 Å². The molecule has 3 fully saturated rings. The van der Waals surface area contributed by atoms with Gasteiger partial charge in [0, 0.05) is 42.8 Å². The van der Waals surface area contributed by atoms with Gasteiger partial charge in [0.05, 0.1) is 0 Å². The third-order valence-electron chi connectivity index (χ3n) is 7.80. The molecule has 4 aliphatic rings. The number of nitrogens with zero attached hydrogens (tertiary/aromatic N) is 2. The monoisotopic (exact) mass is 401 g/mol. The van der Waals surface area contributed by atoms with E-state index in [4.69, 9.17) is 5.21 Å². The molecule has 1 saturated carbocycles. The van der Waals surface area contributed by atoms with Gasteiger partial charge in [0.1, 0.15) is 5.82 Å². The van der Waals surface area contributed by atoms with Gasteiger partial charge in [-0.3, -0.25) is 19.8 Å². The molecule has 2 unspecified atom stereocenters. The number of hydrogen-bond donors (Lipinski definition) is 2. The highest BCUT2D eigenvalue weighted by Crippen LogP contribution is 2.45. The molecule has 1 aromatic rings. The summed E-state index contributed by atoms with van der Waals surface area (Å²) in [6, 6.07) is 5.79. The smallest absolute Gasteiger partial charge is 0.274 e. The first-order valence-electron chi connectivity index (χ1n) is 11.3. The van der Waals surface area contributed by atoms with E-state index in [-0.39, 0.29) is 11.4 Å². The molecule has 0 aromatic heterocycles. The SMILES string of the molecule is CC[C@H]1Cc2c(F)cc(C(=O)NO)cc2CN1CC1CC2CCC(C1)N2C1CC1. The predicted octanol–water partition coefficient (Wildman–Crippen LogP) is 3.49. The van der Waals surface area contributed by atoms with Crippen LogP contribution in [0.15, 0.2) is 12.1 Å². The van der Waals surface area contributed by atoms with Gasteiger partial charge in [-0.25, -0.2) is 9.87 Å². The molecule has 3 heterocycles. The summed E-state index contributed by atoms with van der Waals surface area (Å²) in [4.78, 5) is 17.2. The molecule has 0 spiro atoms. The van der Waals surface area contributed by atoms with Crippen LogP contribution >= 0.6 is 0 Å². The third kappa shape index (κ3) is 3.60. The lowest BCUT2D eigenvalue weighted by Gasteiger charge is -2.43. The minimum Gasteiger partial charge on any atom is -0.296 e. The second-order valence-electron chi connectivity index (χ2n) is 9.63. The van der Waals surface area contributed by atoms with Crippen LogP contribution < -0.4 is 5.48 Å². The highest BCUT2D eigenvalue weighted by Gasteiger charge is 2.47. The van der Waals surface area contributed by atoms with Gasteiger partial charge < -0.3 is 0 Å². The first kappa shape index (κ1) is 19.5. The fourth-order valence-electron chi connectivity index (χ4n) is 6.36. The van der Waals surface area contributed by atoms with Gasteiger partial charge >= 0.3 is 0 Å². The first-order chi connectivity index (χ1) is 14.1. The van der Waals surface area contributed by atoms with Crippen LogP contribution in [-0.4, -0.2) is 51.6 Å². The Morgan fingerprint density at radius 1 is 1.17 bits per heavy atom. The van der Waals surface area contributed by atoms with Crippen LogP contribution in [0.2, 0.25) is 0 Å². The van der Waals surface area contributed by atoms with Crippen LogP contribution in [-0.2, 0) is 13.0 Å². The lowest BCUT2D eigenvalue weighted by molar-refractivity contribution is 0.0587. The lowest BCUT2D eigenvalue weighted by Crippen LogP contribution is -2.49. The van der Waals surface area contributed by atoms with Crippen molar-refractivity contribution in [2.75, 3.05) is 6.54 Å². The van der Waals surface area contributed by atoms with Gasteiger partial charge in [0.25, 0.3) is 5.91 Å². The summed E-state index contributed by atoms with van der Waals surface area (Å²) in [6.07, 6.45) is 9.83. The Bertz CT molecular complexity index is 783. The van der Waals surface area contributed by atoms with Gasteiger partial charge in [0.15, 0.2) is 0 Å². The summed E-state index contributed by atoms with van der Waals surface area (Å²) >= 11 is 0. The molecule has 29 heavy (non-hydrogen) atoms. The van der Waals surface area contributed by atoms with Crippen molar-refractivity contribution >= 4 is 5.91 Å². The standard InChI is InChI=1S/C23H32FN3O2/c1-2-17-11-21-16(9-15(10-22(21)24)23(28)25-29)13-26(17)12-14-7-19-5-6-20(8-14)27(19)18-3-4-18/h9-10,14,17-20,29H,2-8,11-13H2,1H3,(H,25,28)/t14?,17-,19?,20?/m0/s1. The number of nitrogens with one attached hydrogen (secondary N) is 1. The summed E-state index contributed by atoms with van der Waals surface area (Å²) in [6.45, 7) is 3.95. The maximum Gasteiger partial charge on any atom is 0.274 e. The van der Waals surface area contributed by atoms with Crippen LogP contribution in [0.5, 0.6) is 0 Å². The number of hydroxylamine groups is 1. The highest BCUT2D eigenvalue weighted by molar-refractivity contribution is 5.93. The Balaban J connectivity index is 1.32. The van der Waals surface area contributed by atoms with Crippen LogP contribution in [0.1, 0.15) is 73.4 Å². The number of carbonyl (C=O) groups excluding carboxylic acids is 1. The fraction of sp³-hybridized carbons (Fsp3) is 0.696. The summed E-state index contributed by atoms with van der Waals surface area (Å²) in [5, 5.41) is 8.92. The van der Waals surface area contributed by atoms with Gasteiger partial charge in [-0.1, -0.05) is 6.92 Å². The minimum atomic E-state index is -0.653. The molecule has 0 radical (unpaired) electrons. The summed E-state index contributed by atoms with van der Waals surface area (Å²) in [5.41, 5.74) is 3.45. The number of carbonyl (C=O) groups is 1. The number of fused-ring (bicyclic) bond motifs is 3. The fourth-order valence-corrected chi connectivity index (χ4v) is 6.36. The maximum absolute atomic E-state index is 14.7. The molecule has 1 aliphatic carbocycles. The van der Waals surface area contributed by atoms with Crippen LogP contribution in [0.4, 0.5) is 4.39 Å². The van der Waals surface area contributed by atoms with E-state index in [1.54, 1.807) is 11.5 Å². The zero-order valence-corrected chi connectivity index (χ0v) is 17.2. The average molecular weight is 402 g/mol. The van der Waals surface area contributed by atoms with Crippen LogP contribution in [0.3, 0.4) is 0 Å². The van der Waals surface area contributed by atoms with Crippen molar-refractivity contribution in [1.82, 2.24) is 15.3 Å². The van der Waals surface area contributed by atoms with E-state index < -0.39 is 5.91 Å². The quantitative estimate of drug-likeness (QED) is 0.586. The molecule has 3 aliphatic heterocycles. The molecule has 2 N–H and O–H groups in total. The summed E-state index contributed by atoms with van der Waals surface area (Å²) in [7, 11) is 0. The van der Waals surface area contributed by atoms with Crippen LogP contribution in [0.25, 0.3) is 0 Å². The molecular weight excluding hydrogens is 369 g/mol. The molecule has 1 amide bonds. The summed E-state index contributed by atoms with van der Waals surface area (Å²) < 4.78 is 14.7. The minimum absolute atomic E-state index is 0.189. The van der Waals surface area contributed by atoms with Gasteiger partial charge in [-0.2, -0.15) is 0 Å². The average Bonchev–Trinajstić information content (AvgIpc) is 3.52. The molecule has 2 bridgehead atoms. The number of halogens is 1. The number of hydrogen-bond acceptors (Lipinski definition) is 4. The van der Waals surface area contributed by atoms with Crippen molar-refractivity contribution in [3.05, 3.63) is 34.6 Å². The predicted molar refractivity (Wildman–Crippen MR) is 108 cm³/mol. The Kier molecular flexibility index (Phi) is 5.13. The zero-order valence-electron chi connectivity index (χ0n) is 17.2. The zero-order chi connectivity index (χ0) is 20.1. The second-order valence-corrected chi connectivity index (χ2v) is 9.63. The largest absolute Gasteiger partial charge is 0.296 e. The van der Waals surface area contributed by atoms with Crippen molar-refractivity contribution in [1.29, 1.82) is 0 Å². The van der Waals surface area contributed by atoms with E-state index in [1.165, 1.54) is 44.6 Å². The normalized spacial score (nSPS) is 32.2. The van der Waals surface area contributed by atoms with Gasteiger partial charge in [-0.15, -0.1) is 0 Å². The topological polar surface area (TPSA) is 55.8 Å². The number of amides is 1. The molecule has 6 heteroatoms. The van der Waals surface area contributed by atoms with E-state index in [0.29, 0.717) is 24.9 Å². The van der Waals surface area contributed by atoms with E-state index in [9.17, 15) is 9.18 Å². The number of rotatable bonds is 5. The Labute approximate surface area is 172 Å². The molecule has 3 atom stereocenters. The van der Waals surface area contributed by atoms with Crippen molar-refractivity contribution in [2.24, 2.45) is 5.92 Å². The number of benzene rings is 1. The molecule has 158 valence electrons. The number of piperidine rings is 1. The first-order valence-corrected chi connectivity index (χ1v) is 11.3. The van der Waals surface area contributed by atoms with Crippen molar-refractivity contribution in [3.63, 3.8) is 0 Å². The second kappa shape index (κ2) is 7.64. The highest BCUT2D eigenvalue weighted by atomic mass is 19.1. The summed E-state index contributed by atoms with van der Waals surface area (Å²) in [5.74, 6) is -0.262. The Morgan fingerprint density at radius 2 is 1.86 bits per heavy atom. The molecular formula is C23H32FN3O2. The molecule has 5 rings (SSSR count). The van der Waals surface area contributed by atoms with E-state index in [1.807, 2.05) is 0 Å². The third-order valence-corrected chi connectivity index (χ3v) is 7.80. The Hall–Kier alpha value is -1.50. The Morgan fingerprint density at radius 3 is 2.48 bits per heavy atom. The van der Waals surface area contributed by atoms with Crippen LogP contribution in [0, 0.1) is 11.7 Å². The van der Waals surface area contributed by atoms with Crippen molar-refractivity contribution < 1.29 is 14.4 Å². The lowest BCUT2D eigenvalue weighted by atomic mass is 9.86. The van der Waals surface area contributed by atoms with Gasteiger partial charge in [0.2, 0.25) is 0 Å². The molecule has 2 saturated heterocycles. The van der Waals surface area contributed by atoms with E-state index >= 15 is 0 Å². The van der Waals surface area contributed by atoms with Crippen molar-refractivity contribution in [3.8, 4) is 0 Å². The van der Waals surface area contributed by atoms with E-state index in [2.05, 4.69) is 16.7 Å². The molecule has 5 nitrogen and oxygen atoms in total. The van der Waals surface area contributed by atoms with E-state index in [0.717, 1.165) is 42.2 Å².